The van der Waals surface area contributed by atoms with Gasteiger partial charge in [0.25, 0.3) is 0 Å². The van der Waals surface area contributed by atoms with E-state index in [1.54, 1.807) is 12.3 Å². The van der Waals surface area contributed by atoms with Crippen LogP contribution in [0, 0.1) is 0 Å². The van der Waals surface area contributed by atoms with Crippen molar-refractivity contribution in [1.29, 1.82) is 0 Å². The summed E-state index contributed by atoms with van der Waals surface area (Å²) in [5.41, 5.74) is 1.18. The first kappa shape index (κ1) is 16.1. The van der Waals surface area contributed by atoms with Gasteiger partial charge in [0.05, 0.1) is 13.2 Å². The van der Waals surface area contributed by atoms with Gasteiger partial charge < -0.3 is 14.0 Å². The Morgan fingerprint density at radius 2 is 2.04 bits per heavy atom. The summed E-state index contributed by atoms with van der Waals surface area (Å²) in [5, 5.41) is 1.15. The smallest absolute Gasteiger partial charge is 0.222 e. The summed E-state index contributed by atoms with van der Waals surface area (Å²) in [6.07, 6.45) is 4.62. The Labute approximate surface area is 147 Å². The summed E-state index contributed by atoms with van der Waals surface area (Å²) >= 11 is 0. The first-order chi connectivity index (χ1) is 12.3. The summed E-state index contributed by atoms with van der Waals surface area (Å²) in [6, 6.07) is 9.94. The van der Waals surface area contributed by atoms with E-state index >= 15 is 0 Å². The molecule has 1 fully saturated rings. The van der Waals surface area contributed by atoms with E-state index in [1.165, 1.54) is 5.52 Å². The fraction of sp³-hybridized carbons (Fsp3) is 0.368. The fourth-order valence-electron chi connectivity index (χ4n) is 3.08. The molecule has 0 aliphatic carbocycles. The third-order valence-corrected chi connectivity index (χ3v) is 4.51. The van der Waals surface area contributed by atoms with Gasteiger partial charge in [-0.15, -0.1) is 0 Å². The molecule has 130 valence electrons. The molecule has 25 heavy (non-hydrogen) atoms. The van der Waals surface area contributed by atoms with Crippen molar-refractivity contribution >= 4 is 10.9 Å². The van der Waals surface area contributed by atoms with Crippen LogP contribution in [0.5, 0.6) is 11.6 Å². The van der Waals surface area contributed by atoms with Crippen LogP contribution < -0.4 is 4.74 Å². The number of hydrogen-bond donors (Lipinski definition) is 0. The number of aryl methyl sites for hydroxylation is 1. The third kappa shape index (κ3) is 3.81. The van der Waals surface area contributed by atoms with E-state index < -0.39 is 0 Å². The lowest BCUT2D eigenvalue weighted by atomic mass is 10.2. The lowest BCUT2D eigenvalue weighted by Gasteiger charge is -2.26. The summed E-state index contributed by atoms with van der Waals surface area (Å²) in [7, 11) is 2.04. The van der Waals surface area contributed by atoms with E-state index in [-0.39, 0.29) is 0 Å². The van der Waals surface area contributed by atoms with Crippen molar-refractivity contribution in [3.05, 3.63) is 48.5 Å². The van der Waals surface area contributed by atoms with Crippen molar-refractivity contribution in [2.75, 3.05) is 32.8 Å². The van der Waals surface area contributed by atoms with Crippen molar-refractivity contribution in [3.63, 3.8) is 0 Å². The second-order valence-electron chi connectivity index (χ2n) is 6.26. The highest BCUT2D eigenvalue weighted by atomic mass is 16.5. The molecular weight excluding hydrogens is 316 g/mol. The molecule has 1 aliphatic rings. The molecule has 2 aromatic heterocycles. The number of ether oxygens (including phenoxy) is 2. The minimum Gasteiger partial charge on any atom is -0.439 e. The molecule has 0 spiro atoms. The Balaban J connectivity index is 1.43. The summed E-state index contributed by atoms with van der Waals surface area (Å²) in [4.78, 5) is 11.3. The van der Waals surface area contributed by atoms with Crippen LogP contribution in [0.15, 0.2) is 42.7 Å². The molecule has 0 saturated carbocycles. The van der Waals surface area contributed by atoms with E-state index in [4.69, 9.17) is 9.47 Å². The molecule has 0 unspecified atom stereocenters. The maximum atomic E-state index is 5.93. The number of hydrogen-bond acceptors (Lipinski definition) is 5. The molecule has 1 saturated heterocycles. The number of morpholine rings is 1. The van der Waals surface area contributed by atoms with E-state index in [9.17, 15) is 0 Å². The molecule has 6 heteroatoms. The standard InChI is InChI=1S/C19H22N4O2/c1-22-8-5-15-14-16(2-3-17(15)22)25-19-4-7-20-18(21-19)6-9-23-10-12-24-13-11-23/h2-5,7-8,14H,6,9-13H2,1H3. The second kappa shape index (κ2) is 7.21. The van der Waals surface area contributed by atoms with Crippen LogP contribution in [0.4, 0.5) is 0 Å². The number of aromatic nitrogens is 3. The predicted octanol–water partition coefficient (Wildman–Crippen LogP) is 2.64. The zero-order chi connectivity index (χ0) is 17.1. The molecule has 6 nitrogen and oxygen atoms in total. The van der Waals surface area contributed by atoms with Crippen LogP contribution in [0.2, 0.25) is 0 Å². The zero-order valence-electron chi connectivity index (χ0n) is 14.4. The monoisotopic (exact) mass is 338 g/mol. The number of benzene rings is 1. The van der Waals surface area contributed by atoms with Gasteiger partial charge >= 0.3 is 0 Å². The molecule has 0 radical (unpaired) electrons. The van der Waals surface area contributed by atoms with Crippen LogP contribution >= 0.6 is 0 Å². The van der Waals surface area contributed by atoms with Crippen molar-refractivity contribution in [3.8, 4) is 11.6 Å². The van der Waals surface area contributed by atoms with Gasteiger partial charge in [-0.2, -0.15) is 4.98 Å². The molecule has 0 N–H and O–H groups in total. The fourth-order valence-corrected chi connectivity index (χ4v) is 3.08. The lowest BCUT2D eigenvalue weighted by Crippen LogP contribution is -2.37. The summed E-state index contributed by atoms with van der Waals surface area (Å²) in [6.45, 7) is 4.53. The molecule has 0 bridgehead atoms. The Hall–Kier alpha value is -2.44. The Bertz CT molecular complexity index is 856. The average Bonchev–Trinajstić information content (AvgIpc) is 3.02. The molecule has 4 rings (SSSR count). The van der Waals surface area contributed by atoms with Crippen molar-refractivity contribution in [2.24, 2.45) is 7.05 Å². The van der Waals surface area contributed by atoms with Gasteiger partial charge in [0, 0.05) is 62.5 Å². The Morgan fingerprint density at radius 1 is 1.16 bits per heavy atom. The highest BCUT2D eigenvalue weighted by Gasteiger charge is 2.11. The van der Waals surface area contributed by atoms with Crippen LogP contribution in [-0.4, -0.2) is 52.3 Å². The predicted molar refractivity (Wildman–Crippen MR) is 96.0 cm³/mol. The normalized spacial score (nSPS) is 15.6. The highest BCUT2D eigenvalue weighted by Crippen LogP contribution is 2.25. The average molecular weight is 338 g/mol. The SMILES string of the molecule is Cn1ccc2cc(Oc3ccnc(CCN4CCOCC4)n3)ccc21. The van der Waals surface area contributed by atoms with Crippen LogP contribution in [0.25, 0.3) is 10.9 Å². The first-order valence-corrected chi connectivity index (χ1v) is 8.63. The molecule has 1 aromatic carbocycles. The quantitative estimate of drug-likeness (QED) is 0.716. The largest absolute Gasteiger partial charge is 0.439 e. The van der Waals surface area contributed by atoms with Crippen LogP contribution in [-0.2, 0) is 18.2 Å². The van der Waals surface area contributed by atoms with Crippen LogP contribution in [0.1, 0.15) is 5.82 Å². The molecule has 1 aliphatic heterocycles. The van der Waals surface area contributed by atoms with Crippen molar-refractivity contribution < 1.29 is 9.47 Å². The first-order valence-electron chi connectivity index (χ1n) is 8.63. The van der Waals surface area contributed by atoms with Crippen molar-refractivity contribution in [2.45, 2.75) is 6.42 Å². The lowest BCUT2D eigenvalue weighted by molar-refractivity contribution is 0.0382. The van der Waals surface area contributed by atoms with Gasteiger partial charge in [-0.05, 0) is 24.3 Å². The number of nitrogens with zero attached hydrogens (tertiary/aromatic N) is 4. The third-order valence-electron chi connectivity index (χ3n) is 4.51. The van der Waals surface area contributed by atoms with E-state index in [2.05, 4.69) is 31.6 Å². The Morgan fingerprint density at radius 3 is 2.92 bits per heavy atom. The molecule has 3 heterocycles. The molecule has 0 atom stereocenters. The van der Waals surface area contributed by atoms with Gasteiger partial charge in [0.15, 0.2) is 0 Å². The van der Waals surface area contributed by atoms with Gasteiger partial charge in [0.2, 0.25) is 5.88 Å². The van der Waals surface area contributed by atoms with Crippen molar-refractivity contribution in [1.82, 2.24) is 19.4 Å². The molecule has 3 aromatic rings. The zero-order valence-corrected chi connectivity index (χ0v) is 14.4. The molecule has 0 amide bonds. The maximum absolute atomic E-state index is 5.93. The van der Waals surface area contributed by atoms with Crippen LogP contribution in [0.3, 0.4) is 0 Å². The van der Waals surface area contributed by atoms with Gasteiger partial charge in [-0.3, -0.25) is 4.90 Å². The Kier molecular flexibility index (Phi) is 4.63. The minimum absolute atomic E-state index is 0.585. The summed E-state index contributed by atoms with van der Waals surface area (Å²) in [5.74, 6) is 2.18. The second-order valence-corrected chi connectivity index (χ2v) is 6.26. The highest BCUT2D eigenvalue weighted by molar-refractivity contribution is 5.81. The topological polar surface area (TPSA) is 52.4 Å². The van der Waals surface area contributed by atoms with Gasteiger partial charge in [-0.1, -0.05) is 0 Å². The summed E-state index contributed by atoms with van der Waals surface area (Å²) < 4.78 is 13.4. The number of fused-ring (bicyclic) bond motifs is 1. The van der Waals surface area contributed by atoms with E-state index in [0.717, 1.165) is 56.2 Å². The van der Waals surface area contributed by atoms with E-state index in [0.29, 0.717) is 5.88 Å². The van der Waals surface area contributed by atoms with E-state index in [1.807, 2.05) is 25.4 Å². The minimum atomic E-state index is 0.585. The van der Waals surface area contributed by atoms with Gasteiger partial charge in [0.1, 0.15) is 11.6 Å². The van der Waals surface area contributed by atoms with Gasteiger partial charge in [-0.25, -0.2) is 4.98 Å². The number of rotatable bonds is 5. The maximum Gasteiger partial charge on any atom is 0.222 e. The molecular formula is C19H22N4O2.